The summed E-state index contributed by atoms with van der Waals surface area (Å²) in [5.74, 6) is 0.398. The first-order chi connectivity index (χ1) is 9.99. The summed E-state index contributed by atoms with van der Waals surface area (Å²) in [6, 6.07) is 3.64. The van der Waals surface area contributed by atoms with Gasteiger partial charge < -0.3 is 5.32 Å². The van der Waals surface area contributed by atoms with Gasteiger partial charge in [0, 0.05) is 23.3 Å². The van der Waals surface area contributed by atoms with Crippen molar-refractivity contribution in [2.45, 2.75) is 38.6 Å². The van der Waals surface area contributed by atoms with Crippen LogP contribution in [0, 0.1) is 5.92 Å². The second-order valence-electron chi connectivity index (χ2n) is 6.05. The van der Waals surface area contributed by atoms with E-state index in [-0.39, 0.29) is 11.4 Å². The molecule has 0 aromatic carbocycles. The van der Waals surface area contributed by atoms with Crippen LogP contribution in [-0.2, 0) is 0 Å². The minimum absolute atomic E-state index is 0.100. The van der Waals surface area contributed by atoms with Crippen LogP contribution in [0.4, 0.5) is 0 Å². The lowest BCUT2D eigenvalue weighted by Crippen LogP contribution is -2.48. The van der Waals surface area contributed by atoms with Gasteiger partial charge in [0.1, 0.15) is 5.69 Å². The number of amides is 1. The highest BCUT2D eigenvalue weighted by molar-refractivity contribution is 9.10. The lowest BCUT2D eigenvalue weighted by atomic mass is 9.90. The van der Waals surface area contributed by atoms with Gasteiger partial charge in [-0.1, -0.05) is 13.3 Å². The standard InChI is InChI=1S/C16H18BrN3O/c1-10-4-3-7-16(10,2)20-15(21)13-6-5-11-8-18-9-12(17)14(11)19-13/h5-6,8-10H,3-4,7H2,1-2H3,(H,20,21). The predicted molar refractivity (Wildman–Crippen MR) is 86.1 cm³/mol. The molecule has 2 aromatic rings. The molecule has 0 saturated heterocycles. The largest absolute Gasteiger partial charge is 0.345 e. The van der Waals surface area contributed by atoms with Gasteiger partial charge >= 0.3 is 0 Å². The highest BCUT2D eigenvalue weighted by Gasteiger charge is 2.37. The number of hydrogen-bond donors (Lipinski definition) is 1. The molecule has 2 heterocycles. The number of rotatable bonds is 2. The van der Waals surface area contributed by atoms with E-state index in [0.29, 0.717) is 11.6 Å². The molecule has 1 N–H and O–H groups in total. The van der Waals surface area contributed by atoms with Crippen molar-refractivity contribution in [1.82, 2.24) is 15.3 Å². The number of carbonyl (C=O) groups is 1. The Morgan fingerprint density at radius 3 is 2.95 bits per heavy atom. The number of carbonyl (C=O) groups excluding carboxylic acids is 1. The van der Waals surface area contributed by atoms with E-state index in [1.54, 1.807) is 18.5 Å². The zero-order chi connectivity index (χ0) is 15.0. The molecule has 0 aliphatic heterocycles. The molecule has 1 aliphatic rings. The molecule has 2 unspecified atom stereocenters. The average Bonchev–Trinajstić information content (AvgIpc) is 2.78. The maximum Gasteiger partial charge on any atom is 0.270 e. The molecule has 2 aromatic heterocycles. The van der Waals surface area contributed by atoms with Crippen LogP contribution in [0.25, 0.3) is 10.9 Å². The molecular formula is C16H18BrN3O. The fourth-order valence-electron chi connectivity index (χ4n) is 2.99. The van der Waals surface area contributed by atoms with Crippen molar-refractivity contribution >= 4 is 32.7 Å². The molecule has 1 amide bonds. The van der Waals surface area contributed by atoms with E-state index in [2.05, 4.69) is 45.1 Å². The molecule has 5 heteroatoms. The van der Waals surface area contributed by atoms with E-state index in [0.717, 1.165) is 21.8 Å². The fourth-order valence-corrected chi connectivity index (χ4v) is 3.42. The highest BCUT2D eigenvalue weighted by Crippen LogP contribution is 2.35. The first-order valence-electron chi connectivity index (χ1n) is 7.22. The molecule has 0 bridgehead atoms. The van der Waals surface area contributed by atoms with E-state index < -0.39 is 0 Å². The maximum atomic E-state index is 12.5. The zero-order valence-electron chi connectivity index (χ0n) is 12.2. The second kappa shape index (κ2) is 5.37. The Morgan fingerprint density at radius 2 is 2.24 bits per heavy atom. The van der Waals surface area contributed by atoms with Gasteiger partial charge in [0.05, 0.1) is 9.99 Å². The van der Waals surface area contributed by atoms with E-state index in [1.807, 2.05) is 6.07 Å². The van der Waals surface area contributed by atoms with Crippen molar-refractivity contribution < 1.29 is 4.79 Å². The van der Waals surface area contributed by atoms with E-state index in [4.69, 9.17) is 0 Å². The number of pyridine rings is 2. The normalized spacial score (nSPS) is 25.2. The molecule has 2 atom stereocenters. The smallest absolute Gasteiger partial charge is 0.270 e. The average molecular weight is 348 g/mol. The minimum atomic E-state index is -0.122. The molecule has 1 aliphatic carbocycles. The summed E-state index contributed by atoms with van der Waals surface area (Å²) in [6.07, 6.45) is 6.80. The number of hydrogen-bond acceptors (Lipinski definition) is 3. The topological polar surface area (TPSA) is 54.9 Å². The minimum Gasteiger partial charge on any atom is -0.345 e. The van der Waals surface area contributed by atoms with Crippen molar-refractivity contribution in [2.75, 3.05) is 0 Å². The molecule has 3 rings (SSSR count). The second-order valence-corrected chi connectivity index (χ2v) is 6.91. The lowest BCUT2D eigenvalue weighted by Gasteiger charge is -2.30. The van der Waals surface area contributed by atoms with E-state index in [1.165, 1.54) is 12.8 Å². The summed E-state index contributed by atoms with van der Waals surface area (Å²) in [7, 11) is 0. The third kappa shape index (κ3) is 2.67. The quantitative estimate of drug-likeness (QED) is 0.900. The first-order valence-corrected chi connectivity index (χ1v) is 8.02. The summed E-state index contributed by atoms with van der Waals surface area (Å²) in [4.78, 5) is 21.1. The highest BCUT2D eigenvalue weighted by atomic mass is 79.9. The molecule has 0 radical (unpaired) electrons. The summed E-state index contributed by atoms with van der Waals surface area (Å²) in [5, 5.41) is 4.09. The van der Waals surface area contributed by atoms with Crippen LogP contribution in [0.1, 0.15) is 43.6 Å². The lowest BCUT2D eigenvalue weighted by molar-refractivity contribution is 0.0883. The van der Waals surface area contributed by atoms with Gasteiger partial charge in [0.2, 0.25) is 0 Å². The third-order valence-electron chi connectivity index (χ3n) is 4.61. The van der Waals surface area contributed by atoms with Crippen molar-refractivity contribution in [3.63, 3.8) is 0 Å². The van der Waals surface area contributed by atoms with Crippen molar-refractivity contribution in [2.24, 2.45) is 5.92 Å². The Morgan fingerprint density at radius 1 is 1.43 bits per heavy atom. The zero-order valence-corrected chi connectivity index (χ0v) is 13.8. The van der Waals surface area contributed by atoms with Crippen LogP contribution in [-0.4, -0.2) is 21.4 Å². The number of halogens is 1. The summed E-state index contributed by atoms with van der Waals surface area (Å²) < 4.78 is 0.801. The molecule has 21 heavy (non-hydrogen) atoms. The maximum absolute atomic E-state index is 12.5. The Labute approximate surface area is 132 Å². The van der Waals surface area contributed by atoms with Crippen LogP contribution < -0.4 is 5.32 Å². The molecule has 110 valence electrons. The third-order valence-corrected chi connectivity index (χ3v) is 5.19. The number of aromatic nitrogens is 2. The van der Waals surface area contributed by atoms with Crippen LogP contribution in [0.5, 0.6) is 0 Å². The van der Waals surface area contributed by atoms with Gasteiger partial charge in [-0.25, -0.2) is 4.98 Å². The summed E-state index contributed by atoms with van der Waals surface area (Å²) in [6.45, 7) is 4.33. The van der Waals surface area contributed by atoms with Gasteiger partial charge in [-0.3, -0.25) is 9.78 Å². The van der Waals surface area contributed by atoms with Gasteiger partial charge in [0.15, 0.2) is 0 Å². The van der Waals surface area contributed by atoms with Crippen LogP contribution in [0.3, 0.4) is 0 Å². The molecule has 4 nitrogen and oxygen atoms in total. The first kappa shape index (κ1) is 14.4. The summed E-state index contributed by atoms with van der Waals surface area (Å²) in [5.41, 5.74) is 1.10. The van der Waals surface area contributed by atoms with E-state index in [9.17, 15) is 4.79 Å². The Kier molecular flexibility index (Phi) is 3.69. The predicted octanol–water partition coefficient (Wildman–Crippen LogP) is 3.70. The number of nitrogens with one attached hydrogen (secondary N) is 1. The van der Waals surface area contributed by atoms with Crippen LogP contribution in [0.2, 0.25) is 0 Å². The van der Waals surface area contributed by atoms with E-state index >= 15 is 0 Å². The van der Waals surface area contributed by atoms with Crippen molar-refractivity contribution in [3.8, 4) is 0 Å². The summed E-state index contributed by atoms with van der Waals surface area (Å²) >= 11 is 3.43. The van der Waals surface area contributed by atoms with Gasteiger partial charge in [-0.15, -0.1) is 0 Å². The Hall–Kier alpha value is -1.49. The monoisotopic (exact) mass is 347 g/mol. The molecular weight excluding hydrogens is 330 g/mol. The van der Waals surface area contributed by atoms with Crippen LogP contribution in [0.15, 0.2) is 29.0 Å². The number of nitrogens with zero attached hydrogens (tertiary/aromatic N) is 2. The van der Waals surface area contributed by atoms with Crippen molar-refractivity contribution in [3.05, 3.63) is 34.7 Å². The van der Waals surface area contributed by atoms with Crippen molar-refractivity contribution in [1.29, 1.82) is 0 Å². The molecule has 1 fully saturated rings. The number of fused-ring (bicyclic) bond motifs is 1. The Bertz CT molecular complexity index is 703. The SMILES string of the molecule is CC1CCCC1(C)NC(=O)c1ccc2cncc(Br)c2n1. The van der Waals surface area contributed by atoms with Gasteiger partial charge in [-0.05, 0) is 53.7 Å². The van der Waals surface area contributed by atoms with Crippen LogP contribution >= 0.6 is 15.9 Å². The molecule has 0 spiro atoms. The fraction of sp³-hybridized carbons (Fsp3) is 0.438. The van der Waals surface area contributed by atoms with Gasteiger partial charge in [0.25, 0.3) is 5.91 Å². The molecule has 1 saturated carbocycles. The Balaban J connectivity index is 1.90. The van der Waals surface area contributed by atoms with Gasteiger partial charge in [-0.2, -0.15) is 0 Å².